The fraction of sp³-hybridized carbons (Fsp3) is 0.722. The van der Waals surface area contributed by atoms with Crippen LogP contribution in [0.2, 0.25) is 0 Å². The molecule has 3 heteroatoms. The van der Waals surface area contributed by atoms with Gasteiger partial charge in [0.25, 0.3) is 0 Å². The van der Waals surface area contributed by atoms with Gasteiger partial charge in [-0.25, -0.2) is 0 Å². The van der Waals surface area contributed by atoms with Crippen molar-refractivity contribution in [2.75, 3.05) is 19.7 Å². The van der Waals surface area contributed by atoms with Crippen LogP contribution in [0.15, 0.2) is 24.5 Å². The van der Waals surface area contributed by atoms with Crippen LogP contribution in [0.25, 0.3) is 0 Å². The maximum Gasteiger partial charge on any atom is 0.0585 e. The van der Waals surface area contributed by atoms with E-state index in [-0.39, 0.29) is 0 Å². The number of likely N-dealkylation sites (tertiary alicyclic amines) is 1. The average molecular weight is 288 g/mol. The largest absolute Gasteiger partial charge is 0.378 e. The maximum atomic E-state index is 5.97. The third kappa shape index (κ3) is 3.83. The number of hydrogen-bond acceptors (Lipinski definition) is 3. The van der Waals surface area contributed by atoms with Gasteiger partial charge in [-0.1, -0.05) is 13.8 Å². The van der Waals surface area contributed by atoms with Crippen molar-refractivity contribution in [2.45, 2.75) is 52.2 Å². The van der Waals surface area contributed by atoms with Gasteiger partial charge in [-0.2, -0.15) is 0 Å². The monoisotopic (exact) mass is 288 g/mol. The van der Waals surface area contributed by atoms with E-state index in [0.29, 0.717) is 17.4 Å². The summed E-state index contributed by atoms with van der Waals surface area (Å²) in [5.41, 5.74) is 1.99. The minimum absolute atomic E-state index is 0.541. The Bertz CT molecular complexity index is 430. The highest BCUT2D eigenvalue weighted by Gasteiger charge is 2.46. The number of pyridine rings is 1. The van der Waals surface area contributed by atoms with Gasteiger partial charge in [0, 0.05) is 25.5 Å². The highest BCUT2D eigenvalue weighted by Crippen LogP contribution is 2.50. The van der Waals surface area contributed by atoms with Crippen molar-refractivity contribution in [3.63, 3.8) is 0 Å². The second kappa shape index (κ2) is 6.45. The molecule has 1 aliphatic heterocycles. The van der Waals surface area contributed by atoms with E-state index in [1.54, 1.807) is 0 Å². The Morgan fingerprint density at radius 2 is 1.90 bits per heavy atom. The summed E-state index contributed by atoms with van der Waals surface area (Å²) in [5, 5.41) is 0. The molecule has 2 aliphatic rings. The summed E-state index contributed by atoms with van der Waals surface area (Å²) in [4.78, 5) is 6.68. The highest BCUT2D eigenvalue weighted by atomic mass is 16.5. The number of piperidine rings is 1. The van der Waals surface area contributed by atoms with Crippen molar-refractivity contribution >= 4 is 0 Å². The molecule has 2 fully saturated rings. The number of rotatable bonds is 5. The molecule has 1 aliphatic carbocycles. The molecule has 1 saturated carbocycles. The molecule has 116 valence electrons. The zero-order valence-electron chi connectivity index (χ0n) is 13.4. The van der Waals surface area contributed by atoms with Gasteiger partial charge in [-0.15, -0.1) is 0 Å². The lowest BCUT2D eigenvalue weighted by molar-refractivity contribution is -0.110. The standard InChI is InChI=1S/C18H28N2O/c1-15(2)14-21-17-11-18(12-17)5-9-20(10-6-18)13-16-3-7-19-8-4-16/h3-4,7-8,15,17H,5-6,9-14H2,1-2H3. The molecule has 0 amide bonds. The van der Waals surface area contributed by atoms with Gasteiger partial charge in [0.1, 0.15) is 0 Å². The average Bonchev–Trinajstić information content (AvgIpc) is 2.45. The van der Waals surface area contributed by atoms with E-state index < -0.39 is 0 Å². The summed E-state index contributed by atoms with van der Waals surface area (Å²) in [5.74, 6) is 0.656. The van der Waals surface area contributed by atoms with E-state index >= 15 is 0 Å². The van der Waals surface area contributed by atoms with Gasteiger partial charge in [0.15, 0.2) is 0 Å². The van der Waals surface area contributed by atoms with E-state index in [2.05, 4.69) is 35.9 Å². The van der Waals surface area contributed by atoms with Crippen molar-refractivity contribution < 1.29 is 4.74 Å². The molecule has 1 saturated heterocycles. The summed E-state index contributed by atoms with van der Waals surface area (Å²) < 4.78 is 5.97. The number of nitrogens with zero attached hydrogens (tertiary/aromatic N) is 2. The van der Waals surface area contributed by atoms with Crippen LogP contribution >= 0.6 is 0 Å². The van der Waals surface area contributed by atoms with Gasteiger partial charge in [0.05, 0.1) is 6.10 Å². The van der Waals surface area contributed by atoms with Crippen LogP contribution in [0, 0.1) is 11.3 Å². The van der Waals surface area contributed by atoms with Gasteiger partial charge >= 0.3 is 0 Å². The second-order valence-electron chi connectivity index (χ2n) is 7.39. The van der Waals surface area contributed by atoms with Crippen LogP contribution in [-0.4, -0.2) is 35.7 Å². The van der Waals surface area contributed by atoms with Crippen LogP contribution in [0.4, 0.5) is 0 Å². The summed E-state index contributed by atoms with van der Waals surface area (Å²) in [6, 6.07) is 4.26. The molecule has 1 spiro atoms. The minimum Gasteiger partial charge on any atom is -0.378 e. The van der Waals surface area contributed by atoms with Crippen molar-refractivity contribution in [3.8, 4) is 0 Å². The molecular weight excluding hydrogens is 260 g/mol. The Labute approximate surface area is 128 Å². The van der Waals surface area contributed by atoms with Crippen LogP contribution in [0.1, 0.15) is 45.1 Å². The molecule has 0 radical (unpaired) electrons. The van der Waals surface area contributed by atoms with Crippen molar-refractivity contribution in [1.29, 1.82) is 0 Å². The Morgan fingerprint density at radius 3 is 2.52 bits per heavy atom. The van der Waals surface area contributed by atoms with Crippen molar-refractivity contribution in [2.24, 2.45) is 11.3 Å². The quantitative estimate of drug-likeness (QED) is 0.829. The van der Waals surface area contributed by atoms with Crippen LogP contribution < -0.4 is 0 Å². The summed E-state index contributed by atoms with van der Waals surface area (Å²) in [6.45, 7) is 8.93. The fourth-order valence-corrected chi connectivity index (χ4v) is 3.69. The summed E-state index contributed by atoms with van der Waals surface area (Å²) >= 11 is 0. The van der Waals surface area contributed by atoms with E-state index in [9.17, 15) is 0 Å². The highest BCUT2D eigenvalue weighted by molar-refractivity contribution is 5.10. The van der Waals surface area contributed by atoms with E-state index in [1.807, 2.05) is 12.4 Å². The number of ether oxygens (including phenoxy) is 1. The molecule has 2 heterocycles. The zero-order chi connectivity index (χ0) is 14.7. The lowest BCUT2D eigenvalue weighted by Crippen LogP contribution is -2.49. The predicted molar refractivity (Wildman–Crippen MR) is 85.0 cm³/mol. The second-order valence-corrected chi connectivity index (χ2v) is 7.39. The van der Waals surface area contributed by atoms with Crippen LogP contribution in [0.5, 0.6) is 0 Å². The third-order valence-electron chi connectivity index (χ3n) is 5.06. The normalized spacial score (nSPS) is 22.6. The Hall–Kier alpha value is -0.930. The lowest BCUT2D eigenvalue weighted by atomic mass is 9.61. The maximum absolute atomic E-state index is 5.97. The SMILES string of the molecule is CC(C)COC1CC2(CCN(Cc3ccncc3)CC2)C1. The smallest absolute Gasteiger partial charge is 0.0585 e. The van der Waals surface area contributed by atoms with Gasteiger partial charge in [-0.3, -0.25) is 9.88 Å². The fourth-order valence-electron chi connectivity index (χ4n) is 3.69. The van der Waals surface area contributed by atoms with Gasteiger partial charge < -0.3 is 4.74 Å². The number of hydrogen-bond donors (Lipinski definition) is 0. The first kappa shape index (κ1) is 15.0. The van der Waals surface area contributed by atoms with E-state index in [0.717, 1.165) is 13.2 Å². The van der Waals surface area contributed by atoms with Crippen molar-refractivity contribution in [3.05, 3.63) is 30.1 Å². The molecule has 3 rings (SSSR count). The van der Waals surface area contributed by atoms with Gasteiger partial charge in [-0.05, 0) is 67.8 Å². The Morgan fingerprint density at radius 1 is 1.24 bits per heavy atom. The van der Waals surface area contributed by atoms with Crippen LogP contribution in [0.3, 0.4) is 0 Å². The minimum atomic E-state index is 0.541. The lowest BCUT2D eigenvalue weighted by Gasteiger charge is -2.52. The predicted octanol–water partition coefficient (Wildman–Crippen LogP) is 3.50. The molecule has 0 N–H and O–H groups in total. The molecule has 0 atom stereocenters. The Balaban J connectivity index is 1.40. The molecular formula is C18H28N2O. The molecule has 0 aromatic carbocycles. The van der Waals surface area contributed by atoms with Crippen molar-refractivity contribution in [1.82, 2.24) is 9.88 Å². The molecule has 1 aromatic rings. The first-order valence-corrected chi connectivity index (χ1v) is 8.38. The summed E-state index contributed by atoms with van der Waals surface area (Å²) in [6.07, 6.45) is 9.61. The zero-order valence-corrected chi connectivity index (χ0v) is 13.4. The third-order valence-corrected chi connectivity index (χ3v) is 5.06. The van der Waals surface area contributed by atoms with E-state index in [4.69, 9.17) is 4.74 Å². The number of aromatic nitrogens is 1. The molecule has 1 aromatic heterocycles. The Kier molecular flexibility index (Phi) is 4.60. The first-order chi connectivity index (χ1) is 10.2. The van der Waals surface area contributed by atoms with E-state index in [1.165, 1.54) is 44.3 Å². The molecule has 3 nitrogen and oxygen atoms in total. The topological polar surface area (TPSA) is 25.4 Å². The summed E-state index contributed by atoms with van der Waals surface area (Å²) in [7, 11) is 0. The van der Waals surface area contributed by atoms with Crippen LogP contribution in [-0.2, 0) is 11.3 Å². The first-order valence-electron chi connectivity index (χ1n) is 8.38. The van der Waals surface area contributed by atoms with Gasteiger partial charge in [0.2, 0.25) is 0 Å². The molecule has 21 heavy (non-hydrogen) atoms. The molecule has 0 bridgehead atoms. The molecule has 0 unspecified atom stereocenters.